The van der Waals surface area contributed by atoms with E-state index in [1.54, 1.807) is 25.3 Å². The Balaban J connectivity index is 1.54. The first kappa shape index (κ1) is 26.7. The summed E-state index contributed by atoms with van der Waals surface area (Å²) in [6.07, 6.45) is 3.20. The van der Waals surface area contributed by atoms with Crippen molar-refractivity contribution in [1.82, 2.24) is 14.1 Å². The lowest BCUT2D eigenvalue weighted by Gasteiger charge is -2.16. The van der Waals surface area contributed by atoms with Crippen molar-refractivity contribution in [2.45, 2.75) is 25.7 Å². The number of fused-ring (bicyclic) bond motifs is 1. The molecule has 4 aromatic rings. The fraction of sp³-hybridized carbons (Fsp3) is 0.241. The predicted octanol–water partition coefficient (Wildman–Crippen LogP) is 5.43. The number of carbonyl (C=O) groups excluding carboxylic acids is 1. The summed E-state index contributed by atoms with van der Waals surface area (Å²) in [6.45, 7) is 2.17. The molecule has 1 atom stereocenters. The number of pyridine rings is 1. The number of hydrogen-bond donors (Lipinski definition) is 1. The van der Waals surface area contributed by atoms with Gasteiger partial charge in [0.25, 0.3) is 11.5 Å². The number of rotatable bonds is 5. The molecule has 2 aromatic heterocycles. The lowest BCUT2D eigenvalue weighted by molar-refractivity contribution is 0.102. The molecule has 1 N–H and O–H groups in total. The Morgan fingerprint density at radius 2 is 1.72 bits per heavy atom. The molecule has 8 nitrogen and oxygen atoms in total. The summed E-state index contributed by atoms with van der Waals surface area (Å²) in [5.41, 5.74) is 3.91. The molecular formula is C29H26Cl2N4O4. The molecule has 5 rings (SSSR count). The van der Waals surface area contributed by atoms with Crippen LogP contribution in [-0.4, -0.2) is 27.1 Å². The molecule has 0 radical (unpaired) electrons. The van der Waals surface area contributed by atoms with E-state index in [0.29, 0.717) is 39.3 Å². The number of nitrogens with one attached hydrogen (secondary N) is 1. The molecule has 0 fully saturated rings. The Labute approximate surface area is 234 Å². The van der Waals surface area contributed by atoms with Gasteiger partial charge < -0.3 is 14.6 Å². The van der Waals surface area contributed by atoms with E-state index in [1.165, 1.54) is 30.4 Å². The van der Waals surface area contributed by atoms with Crippen LogP contribution in [0.4, 0.5) is 5.69 Å². The van der Waals surface area contributed by atoms with Crippen molar-refractivity contribution in [2.75, 3.05) is 12.4 Å². The Bertz CT molecular complexity index is 1760. The largest absolute Gasteiger partial charge is 0.481 e. The van der Waals surface area contributed by atoms with Gasteiger partial charge in [0.15, 0.2) is 0 Å². The van der Waals surface area contributed by atoms with Gasteiger partial charge in [0.05, 0.1) is 28.5 Å². The van der Waals surface area contributed by atoms with Crippen LogP contribution in [0.2, 0.25) is 10.0 Å². The van der Waals surface area contributed by atoms with Gasteiger partial charge in [0.2, 0.25) is 5.88 Å². The van der Waals surface area contributed by atoms with Gasteiger partial charge >= 0.3 is 5.69 Å². The van der Waals surface area contributed by atoms with Gasteiger partial charge in [-0.2, -0.15) is 0 Å². The van der Waals surface area contributed by atoms with E-state index in [2.05, 4.69) is 18.3 Å². The fourth-order valence-electron chi connectivity index (χ4n) is 5.05. The third-order valence-electron chi connectivity index (χ3n) is 7.14. The van der Waals surface area contributed by atoms with Crippen molar-refractivity contribution in [2.24, 2.45) is 14.1 Å². The van der Waals surface area contributed by atoms with Gasteiger partial charge in [-0.25, -0.2) is 9.78 Å². The average Bonchev–Trinajstić information content (AvgIpc) is 3.31. The number of carbonyl (C=O) groups is 1. The topological polar surface area (TPSA) is 95.2 Å². The van der Waals surface area contributed by atoms with E-state index >= 15 is 0 Å². The maximum atomic E-state index is 13.0. The van der Waals surface area contributed by atoms with Crippen LogP contribution in [0.15, 0.2) is 58.3 Å². The first-order chi connectivity index (χ1) is 18.6. The van der Waals surface area contributed by atoms with Crippen LogP contribution < -0.4 is 21.3 Å². The molecule has 0 bridgehead atoms. The van der Waals surface area contributed by atoms with Gasteiger partial charge in [-0.3, -0.25) is 14.2 Å². The molecule has 200 valence electrons. The van der Waals surface area contributed by atoms with Crippen LogP contribution in [-0.2, 0) is 20.5 Å². The second-order valence-electron chi connectivity index (χ2n) is 9.62. The molecular weight excluding hydrogens is 539 g/mol. The maximum absolute atomic E-state index is 13.0. The van der Waals surface area contributed by atoms with Gasteiger partial charge in [0, 0.05) is 42.5 Å². The number of halogens is 2. The Hall–Kier alpha value is -3.88. The quantitative estimate of drug-likeness (QED) is 0.348. The van der Waals surface area contributed by atoms with Crippen LogP contribution >= 0.6 is 23.2 Å². The number of nitrogens with zero attached hydrogens (tertiary/aromatic N) is 3. The van der Waals surface area contributed by atoms with E-state index in [0.717, 1.165) is 28.5 Å². The van der Waals surface area contributed by atoms with E-state index in [1.807, 2.05) is 18.2 Å². The number of ether oxygens (including phenoxy) is 1. The first-order valence-corrected chi connectivity index (χ1v) is 13.1. The lowest BCUT2D eigenvalue weighted by Crippen LogP contribution is -2.40. The molecule has 1 unspecified atom stereocenters. The summed E-state index contributed by atoms with van der Waals surface area (Å²) in [5.74, 6) is 0.311. The van der Waals surface area contributed by atoms with Gasteiger partial charge in [-0.05, 0) is 36.5 Å². The molecule has 0 saturated heterocycles. The molecule has 1 amide bonds. The molecule has 0 saturated carbocycles. The zero-order valence-electron chi connectivity index (χ0n) is 21.8. The number of anilines is 1. The zero-order valence-corrected chi connectivity index (χ0v) is 23.4. The first-order valence-electron chi connectivity index (χ1n) is 12.4. The minimum Gasteiger partial charge on any atom is -0.481 e. The molecule has 10 heteroatoms. The van der Waals surface area contributed by atoms with E-state index in [4.69, 9.17) is 32.9 Å². The van der Waals surface area contributed by atoms with Gasteiger partial charge in [-0.15, -0.1) is 0 Å². The molecule has 1 aliphatic rings. The minimum absolute atomic E-state index is 0.188. The van der Waals surface area contributed by atoms with E-state index in [9.17, 15) is 14.4 Å². The Kier molecular flexibility index (Phi) is 7.09. The lowest BCUT2D eigenvalue weighted by atomic mass is 9.98. The van der Waals surface area contributed by atoms with Gasteiger partial charge in [-0.1, -0.05) is 60.5 Å². The van der Waals surface area contributed by atoms with Crippen molar-refractivity contribution in [3.8, 4) is 28.3 Å². The van der Waals surface area contributed by atoms with Crippen molar-refractivity contribution in [3.63, 3.8) is 0 Å². The molecule has 1 aliphatic carbocycles. The smallest absolute Gasteiger partial charge is 0.330 e. The summed E-state index contributed by atoms with van der Waals surface area (Å²) in [6, 6.07) is 12.8. The number of aromatic nitrogens is 3. The fourth-order valence-corrected chi connectivity index (χ4v) is 5.65. The Morgan fingerprint density at radius 1 is 1.05 bits per heavy atom. The molecule has 2 heterocycles. The zero-order chi connectivity index (χ0) is 28.0. The molecule has 0 aliphatic heterocycles. The summed E-state index contributed by atoms with van der Waals surface area (Å²) in [5, 5.41) is 3.40. The summed E-state index contributed by atoms with van der Waals surface area (Å²) in [4.78, 5) is 42.3. The van der Waals surface area contributed by atoms with E-state index in [-0.39, 0.29) is 10.6 Å². The highest BCUT2D eigenvalue weighted by molar-refractivity contribution is 6.39. The maximum Gasteiger partial charge on any atom is 0.330 e. The van der Waals surface area contributed by atoms with Crippen molar-refractivity contribution in [1.29, 1.82) is 0 Å². The molecule has 39 heavy (non-hydrogen) atoms. The van der Waals surface area contributed by atoms with Crippen LogP contribution in [0.5, 0.6) is 5.88 Å². The predicted molar refractivity (Wildman–Crippen MR) is 153 cm³/mol. The number of aryl methyl sites for hydroxylation is 2. The van der Waals surface area contributed by atoms with Crippen molar-refractivity contribution < 1.29 is 9.53 Å². The number of methoxy groups -OCH3 is 1. The normalized spacial score (nSPS) is 14.3. The van der Waals surface area contributed by atoms with Crippen molar-refractivity contribution in [3.05, 3.63) is 96.2 Å². The summed E-state index contributed by atoms with van der Waals surface area (Å²) >= 11 is 13.7. The summed E-state index contributed by atoms with van der Waals surface area (Å²) < 4.78 is 7.67. The SMILES string of the molecule is COc1nc(-c2cccc(-c3cccc(NC(=O)c4cn(C)c(=O)n(C)c4=O)c3Cl)c2Cl)cc2c1C(C)CC2. The Morgan fingerprint density at radius 3 is 2.44 bits per heavy atom. The third kappa shape index (κ3) is 4.64. The van der Waals surface area contributed by atoms with Gasteiger partial charge in [0.1, 0.15) is 5.56 Å². The van der Waals surface area contributed by atoms with Crippen LogP contribution in [0.3, 0.4) is 0 Å². The van der Waals surface area contributed by atoms with Crippen molar-refractivity contribution >= 4 is 34.8 Å². The highest BCUT2D eigenvalue weighted by Crippen LogP contribution is 2.44. The average molecular weight is 565 g/mol. The van der Waals surface area contributed by atoms with E-state index < -0.39 is 17.2 Å². The molecule has 0 spiro atoms. The standard InChI is InChI=1S/C29H26Cl2N4O4/c1-15-11-12-16-13-22(33-27(39-4)23(15)16)19-9-5-7-17(24(19)30)18-8-6-10-21(25(18)31)32-26(36)20-14-34(2)29(38)35(3)28(20)37/h5-10,13-15H,11-12H2,1-4H3,(H,32,36). The number of amides is 1. The second-order valence-corrected chi connectivity index (χ2v) is 10.4. The highest BCUT2D eigenvalue weighted by atomic mass is 35.5. The van der Waals surface area contributed by atoms with Crippen LogP contribution in [0, 0.1) is 0 Å². The minimum atomic E-state index is -0.703. The van der Waals surface area contributed by atoms with Crippen LogP contribution in [0.1, 0.15) is 40.7 Å². The second kappa shape index (κ2) is 10.4. The highest BCUT2D eigenvalue weighted by Gasteiger charge is 2.26. The molecule has 2 aromatic carbocycles. The third-order valence-corrected chi connectivity index (χ3v) is 7.96. The number of benzene rings is 2. The number of hydrogen-bond acceptors (Lipinski definition) is 5. The summed E-state index contributed by atoms with van der Waals surface area (Å²) in [7, 11) is 4.41. The van der Waals surface area contributed by atoms with Crippen LogP contribution in [0.25, 0.3) is 22.4 Å². The monoisotopic (exact) mass is 564 g/mol.